The Hall–Kier alpha value is -1.42. The summed E-state index contributed by atoms with van der Waals surface area (Å²) in [5.41, 5.74) is 0.0433. The lowest BCUT2D eigenvalue weighted by atomic mass is 10.0. The molecule has 1 aromatic carbocycles. The summed E-state index contributed by atoms with van der Waals surface area (Å²) in [6, 6.07) is 5.79. The monoisotopic (exact) mass is 237 g/mol. The Morgan fingerprint density at radius 2 is 2.24 bits per heavy atom. The lowest BCUT2D eigenvalue weighted by Gasteiger charge is -2.42. The van der Waals surface area contributed by atoms with Gasteiger partial charge in [-0.2, -0.15) is 0 Å². The smallest absolute Gasteiger partial charge is 0.254 e. The highest BCUT2D eigenvalue weighted by Gasteiger charge is 2.34. The highest BCUT2D eigenvalue weighted by Crippen LogP contribution is 2.21. The molecule has 1 aliphatic rings. The molecule has 1 aromatic rings. The van der Waals surface area contributed by atoms with Gasteiger partial charge in [0.1, 0.15) is 5.82 Å². The number of rotatable bonds is 1. The van der Waals surface area contributed by atoms with Crippen LogP contribution in [0.1, 0.15) is 24.2 Å². The first kappa shape index (κ1) is 12.0. The standard InChI is InChI=1S/C13H16FNO2/c1-13(2)9-17-7-6-15(13)12(16)10-4-3-5-11(14)8-10/h3-5,8H,6-7,9H2,1-2H3. The van der Waals surface area contributed by atoms with Crippen molar-refractivity contribution in [2.75, 3.05) is 19.8 Å². The van der Waals surface area contributed by atoms with Crippen molar-refractivity contribution in [3.05, 3.63) is 35.6 Å². The number of morpholine rings is 1. The number of hydrogen-bond donors (Lipinski definition) is 0. The molecule has 0 radical (unpaired) electrons. The second-order valence-electron chi connectivity index (χ2n) is 4.83. The summed E-state index contributed by atoms with van der Waals surface area (Å²) < 4.78 is 18.4. The van der Waals surface area contributed by atoms with Gasteiger partial charge in [-0.15, -0.1) is 0 Å². The molecule has 0 unspecified atom stereocenters. The summed E-state index contributed by atoms with van der Waals surface area (Å²) >= 11 is 0. The van der Waals surface area contributed by atoms with E-state index in [1.165, 1.54) is 12.1 Å². The van der Waals surface area contributed by atoms with E-state index in [0.29, 0.717) is 25.3 Å². The number of carbonyl (C=O) groups excluding carboxylic acids is 1. The van der Waals surface area contributed by atoms with Crippen LogP contribution in [-0.4, -0.2) is 36.1 Å². The molecule has 0 bridgehead atoms. The SMILES string of the molecule is CC1(C)COCCN1C(=O)c1cccc(F)c1. The van der Waals surface area contributed by atoms with E-state index in [9.17, 15) is 9.18 Å². The second kappa shape index (κ2) is 4.45. The third kappa shape index (κ3) is 2.47. The van der Waals surface area contributed by atoms with E-state index in [-0.39, 0.29) is 17.3 Å². The van der Waals surface area contributed by atoms with Crippen molar-refractivity contribution >= 4 is 5.91 Å². The normalized spacial score (nSPS) is 19.1. The molecule has 17 heavy (non-hydrogen) atoms. The van der Waals surface area contributed by atoms with Crippen molar-refractivity contribution in [1.29, 1.82) is 0 Å². The predicted molar refractivity (Wildman–Crippen MR) is 62.3 cm³/mol. The van der Waals surface area contributed by atoms with Crippen LogP contribution in [0.25, 0.3) is 0 Å². The Bertz CT molecular complexity index is 431. The largest absolute Gasteiger partial charge is 0.377 e. The van der Waals surface area contributed by atoms with Crippen LogP contribution in [0.4, 0.5) is 4.39 Å². The predicted octanol–water partition coefficient (Wildman–Crippen LogP) is 2.08. The van der Waals surface area contributed by atoms with Gasteiger partial charge in [0.15, 0.2) is 0 Å². The number of nitrogens with zero attached hydrogens (tertiary/aromatic N) is 1. The van der Waals surface area contributed by atoms with Gasteiger partial charge in [0.05, 0.1) is 18.8 Å². The molecule has 0 aliphatic carbocycles. The van der Waals surface area contributed by atoms with E-state index in [4.69, 9.17) is 4.74 Å². The van der Waals surface area contributed by atoms with Crippen LogP contribution in [-0.2, 0) is 4.74 Å². The van der Waals surface area contributed by atoms with Gasteiger partial charge in [-0.05, 0) is 32.0 Å². The first-order valence-electron chi connectivity index (χ1n) is 5.66. The molecular formula is C13H16FNO2. The number of ether oxygens (including phenoxy) is 1. The van der Waals surface area contributed by atoms with Crippen molar-refractivity contribution in [3.8, 4) is 0 Å². The van der Waals surface area contributed by atoms with Gasteiger partial charge in [0.25, 0.3) is 5.91 Å². The molecule has 0 saturated carbocycles. The molecule has 1 fully saturated rings. The van der Waals surface area contributed by atoms with Crippen LogP contribution in [0.5, 0.6) is 0 Å². The summed E-state index contributed by atoms with van der Waals surface area (Å²) in [4.78, 5) is 14.0. The molecule has 2 rings (SSSR count). The van der Waals surface area contributed by atoms with Crippen molar-refractivity contribution < 1.29 is 13.9 Å². The minimum atomic E-state index is -0.387. The number of hydrogen-bond acceptors (Lipinski definition) is 2. The van der Waals surface area contributed by atoms with Gasteiger partial charge in [-0.3, -0.25) is 4.79 Å². The minimum absolute atomic E-state index is 0.141. The molecule has 0 aromatic heterocycles. The van der Waals surface area contributed by atoms with Crippen molar-refractivity contribution in [1.82, 2.24) is 4.90 Å². The van der Waals surface area contributed by atoms with Crippen LogP contribution < -0.4 is 0 Å². The van der Waals surface area contributed by atoms with Crippen molar-refractivity contribution in [2.45, 2.75) is 19.4 Å². The minimum Gasteiger partial charge on any atom is -0.377 e. The average Bonchev–Trinajstić information content (AvgIpc) is 2.27. The molecule has 0 spiro atoms. The molecule has 92 valence electrons. The summed E-state index contributed by atoms with van der Waals surface area (Å²) in [5, 5.41) is 0. The third-order valence-corrected chi connectivity index (χ3v) is 2.96. The number of benzene rings is 1. The molecule has 4 heteroatoms. The van der Waals surface area contributed by atoms with Gasteiger partial charge in [0, 0.05) is 12.1 Å². The first-order valence-corrected chi connectivity index (χ1v) is 5.66. The van der Waals surface area contributed by atoms with E-state index >= 15 is 0 Å². The van der Waals surface area contributed by atoms with Gasteiger partial charge in [-0.1, -0.05) is 6.07 Å². The highest BCUT2D eigenvalue weighted by atomic mass is 19.1. The van der Waals surface area contributed by atoms with Crippen LogP contribution in [0.15, 0.2) is 24.3 Å². The Labute approximate surface area is 100 Å². The van der Waals surface area contributed by atoms with E-state index in [0.717, 1.165) is 0 Å². The Kier molecular flexibility index (Phi) is 3.15. The maximum absolute atomic E-state index is 13.1. The summed E-state index contributed by atoms with van der Waals surface area (Å²) in [5.74, 6) is -0.528. The molecular weight excluding hydrogens is 221 g/mol. The fourth-order valence-corrected chi connectivity index (χ4v) is 2.01. The third-order valence-electron chi connectivity index (χ3n) is 2.96. The molecule has 0 N–H and O–H groups in total. The topological polar surface area (TPSA) is 29.5 Å². The second-order valence-corrected chi connectivity index (χ2v) is 4.83. The maximum Gasteiger partial charge on any atom is 0.254 e. The van der Waals surface area contributed by atoms with E-state index in [2.05, 4.69) is 0 Å². The van der Waals surface area contributed by atoms with Gasteiger partial charge >= 0.3 is 0 Å². The maximum atomic E-state index is 13.1. The zero-order chi connectivity index (χ0) is 12.5. The lowest BCUT2D eigenvalue weighted by molar-refractivity contribution is -0.0370. The number of halogens is 1. The summed E-state index contributed by atoms with van der Waals surface area (Å²) in [7, 11) is 0. The molecule has 1 aliphatic heterocycles. The first-order chi connectivity index (χ1) is 8.00. The van der Waals surface area contributed by atoms with Crippen molar-refractivity contribution in [3.63, 3.8) is 0 Å². The molecule has 1 heterocycles. The fourth-order valence-electron chi connectivity index (χ4n) is 2.01. The molecule has 3 nitrogen and oxygen atoms in total. The van der Waals surface area contributed by atoms with Gasteiger partial charge in [-0.25, -0.2) is 4.39 Å². The molecule has 1 saturated heterocycles. The van der Waals surface area contributed by atoms with Crippen LogP contribution in [0.3, 0.4) is 0 Å². The summed E-state index contributed by atoms with van der Waals surface area (Å²) in [6.07, 6.45) is 0. The van der Waals surface area contributed by atoms with Crippen LogP contribution in [0, 0.1) is 5.82 Å². The average molecular weight is 237 g/mol. The summed E-state index contributed by atoms with van der Waals surface area (Å²) in [6.45, 7) is 5.48. The quantitative estimate of drug-likeness (QED) is 0.748. The van der Waals surface area contributed by atoms with Gasteiger partial charge in [0.2, 0.25) is 0 Å². The van der Waals surface area contributed by atoms with E-state index in [1.54, 1.807) is 17.0 Å². The van der Waals surface area contributed by atoms with Gasteiger partial charge < -0.3 is 9.64 Å². The fraction of sp³-hybridized carbons (Fsp3) is 0.462. The number of carbonyl (C=O) groups is 1. The zero-order valence-electron chi connectivity index (χ0n) is 10.1. The molecule has 0 atom stereocenters. The highest BCUT2D eigenvalue weighted by molar-refractivity contribution is 5.94. The van der Waals surface area contributed by atoms with E-state index < -0.39 is 0 Å². The Morgan fingerprint density at radius 1 is 1.47 bits per heavy atom. The Balaban J connectivity index is 2.25. The number of amides is 1. The van der Waals surface area contributed by atoms with Crippen molar-refractivity contribution in [2.24, 2.45) is 0 Å². The van der Waals surface area contributed by atoms with E-state index in [1.807, 2.05) is 13.8 Å². The lowest BCUT2D eigenvalue weighted by Crippen LogP contribution is -2.55. The molecule has 1 amide bonds. The Morgan fingerprint density at radius 3 is 2.88 bits per heavy atom. The van der Waals surface area contributed by atoms with Crippen LogP contribution in [0.2, 0.25) is 0 Å². The zero-order valence-corrected chi connectivity index (χ0v) is 10.1. The van der Waals surface area contributed by atoms with Crippen LogP contribution >= 0.6 is 0 Å².